The largest absolute Gasteiger partial charge is 0.497 e. The van der Waals surface area contributed by atoms with Gasteiger partial charge in [0.15, 0.2) is 10.1 Å². The Labute approximate surface area is 181 Å². The van der Waals surface area contributed by atoms with Crippen molar-refractivity contribution in [1.82, 2.24) is 10.2 Å². The number of rotatable bonds is 9. The molecule has 8 nitrogen and oxygen atoms in total. The predicted molar refractivity (Wildman–Crippen MR) is 115 cm³/mol. The number of amides is 1. The summed E-state index contributed by atoms with van der Waals surface area (Å²) in [6.07, 6.45) is 0. The van der Waals surface area contributed by atoms with Gasteiger partial charge >= 0.3 is 0 Å². The number of nitrogens with one attached hydrogen (secondary N) is 1. The SMILES string of the molecule is COc1ccc(C(=O)CSc2nnc(NC(=O)c3c(OC)cccc3OC)s2)cc1. The highest BCUT2D eigenvalue weighted by atomic mass is 32.2. The Morgan fingerprint density at radius 1 is 0.967 bits per heavy atom. The maximum Gasteiger partial charge on any atom is 0.265 e. The third-order valence-corrected chi connectivity index (χ3v) is 5.99. The fraction of sp³-hybridized carbons (Fsp3) is 0.200. The molecule has 0 radical (unpaired) electrons. The first-order valence-corrected chi connectivity index (χ1v) is 10.5. The van der Waals surface area contributed by atoms with Crippen LogP contribution in [-0.2, 0) is 0 Å². The molecule has 0 aliphatic carbocycles. The maximum absolute atomic E-state index is 12.7. The lowest BCUT2D eigenvalue weighted by molar-refractivity contribution is 0.101. The molecule has 0 fully saturated rings. The van der Waals surface area contributed by atoms with Crippen molar-refractivity contribution in [2.24, 2.45) is 0 Å². The highest BCUT2D eigenvalue weighted by Crippen LogP contribution is 2.31. The van der Waals surface area contributed by atoms with Crippen LogP contribution in [-0.4, -0.2) is 49.0 Å². The van der Waals surface area contributed by atoms with E-state index in [1.807, 2.05) is 0 Å². The molecule has 0 bridgehead atoms. The van der Waals surface area contributed by atoms with Gasteiger partial charge in [-0.2, -0.15) is 0 Å². The number of ketones is 1. The monoisotopic (exact) mass is 445 g/mol. The summed E-state index contributed by atoms with van der Waals surface area (Å²) in [4.78, 5) is 25.0. The molecule has 156 valence electrons. The predicted octanol–water partition coefficient (Wildman–Crippen LogP) is 3.79. The molecule has 0 saturated heterocycles. The van der Waals surface area contributed by atoms with Gasteiger partial charge in [-0.15, -0.1) is 10.2 Å². The molecule has 1 amide bonds. The van der Waals surface area contributed by atoms with Gasteiger partial charge in [0.25, 0.3) is 5.91 Å². The average Bonchev–Trinajstić information content (AvgIpc) is 3.23. The van der Waals surface area contributed by atoms with Crippen molar-refractivity contribution in [2.75, 3.05) is 32.4 Å². The van der Waals surface area contributed by atoms with Crippen molar-refractivity contribution < 1.29 is 23.8 Å². The van der Waals surface area contributed by atoms with Gasteiger partial charge in [-0.1, -0.05) is 29.2 Å². The fourth-order valence-electron chi connectivity index (χ4n) is 2.54. The second-order valence-corrected chi connectivity index (χ2v) is 8.01. The number of carbonyl (C=O) groups excluding carboxylic acids is 2. The quantitative estimate of drug-likeness (QED) is 0.302. The number of benzene rings is 2. The topological polar surface area (TPSA) is 99.6 Å². The summed E-state index contributed by atoms with van der Waals surface area (Å²) in [5, 5.41) is 11.0. The van der Waals surface area contributed by atoms with Gasteiger partial charge in [0.1, 0.15) is 22.8 Å². The molecule has 1 N–H and O–H groups in total. The number of aromatic nitrogens is 2. The smallest absolute Gasteiger partial charge is 0.265 e. The van der Waals surface area contributed by atoms with Crippen LogP contribution in [0.4, 0.5) is 5.13 Å². The zero-order valence-electron chi connectivity index (χ0n) is 16.5. The minimum Gasteiger partial charge on any atom is -0.497 e. The number of carbonyl (C=O) groups is 2. The molecule has 10 heteroatoms. The van der Waals surface area contributed by atoms with Crippen LogP contribution in [0, 0.1) is 0 Å². The summed E-state index contributed by atoms with van der Waals surface area (Å²) in [6, 6.07) is 12.0. The molecule has 0 aliphatic rings. The molecule has 0 saturated carbocycles. The molecule has 2 aromatic carbocycles. The fourth-order valence-corrected chi connectivity index (χ4v) is 4.18. The van der Waals surface area contributed by atoms with Crippen molar-refractivity contribution in [1.29, 1.82) is 0 Å². The molecule has 0 atom stereocenters. The van der Waals surface area contributed by atoms with Gasteiger partial charge in [0.2, 0.25) is 5.13 Å². The zero-order chi connectivity index (χ0) is 21.5. The Bertz CT molecular complexity index is 1010. The van der Waals surface area contributed by atoms with Crippen LogP contribution in [0.25, 0.3) is 0 Å². The summed E-state index contributed by atoms with van der Waals surface area (Å²) >= 11 is 2.44. The van der Waals surface area contributed by atoms with Crippen molar-refractivity contribution >= 4 is 39.9 Å². The highest BCUT2D eigenvalue weighted by Gasteiger charge is 2.20. The molecular weight excluding hydrogens is 426 g/mol. The minimum atomic E-state index is -0.425. The molecule has 30 heavy (non-hydrogen) atoms. The molecule has 1 aromatic heterocycles. The van der Waals surface area contributed by atoms with Gasteiger partial charge in [-0.05, 0) is 36.4 Å². The van der Waals surface area contributed by atoms with Crippen LogP contribution >= 0.6 is 23.1 Å². The number of methoxy groups -OCH3 is 3. The maximum atomic E-state index is 12.7. The van der Waals surface area contributed by atoms with E-state index in [0.29, 0.717) is 32.3 Å². The second kappa shape index (κ2) is 10.1. The number of hydrogen-bond donors (Lipinski definition) is 1. The van der Waals surface area contributed by atoms with E-state index in [9.17, 15) is 9.59 Å². The second-order valence-electron chi connectivity index (χ2n) is 5.81. The molecule has 3 rings (SSSR count). The number of ether oxygens (including phenoxy) is 3. The van der Waals surface area contributed by atoms with Gasteiger partial charge in [0, 0.05) is 5.56 Å². The summed E-state index contributed by atoms with van der Waals surface area (Å²) < 4.78 is 16.2. The van der Waals surface area contributed by atoms with Gasteiger partial charge < -0.3 is 14.2 Å². The molecule has 0 spiro atoms. The Balaban J connectivity index is 1.62. The van der Waals surface area contributed by atoms with Gasteiger partial charge in [-0.3, -0.25) is 14.9 Å². The average molecular weight is 446 g/mol. The van der Waals surface area contributed by atoms with Crippen LogP contribution in [0.15, 0.2) is 46.8 Å². The summed E-state index contributed by atoms with van der Waals surface area (Å²) in [6.45, 7) is 0. The Morgan fingerprint density at radius 2 is 1.63 bits per heavy atom. The Kier molecular flexibility index (Phi) is 7.26. The molecule has 0 unspecified atom stereocenters. The van der Waals surface area contributed by atoms with Crippen LogP contribution in [0.5, 0.6) is 17.2 Å². The van der Waals surface area contributed by atoms with Crippen LogP contribution < -0.4 is 19.5 Å². The number of Topliss-reactive ketones (excluding diaryl/α,β-unsaturated/α-hetero) is 1. The van der Waals surface area contributed by atoms with Crippen molar-refractivity contribution in [2.45, 2.75) is 4.34 Å². The first-order chi connectivity index (χ1) is 14.5. The zero-order valence-corrected chi connectivity index (χ0v) is 18.1. The van der Waals surface area contributed by atoms with Crippen molar-refractivity contribution in [3.63, 3.8) is 0 Å². The van der Waals surface area contributed by atoms with Crippen molar-refractivity contribution in [3.8, 4) is 17.2 Å². The normalized spacial score (nSPS) is 10.4. The lowest BCUT2D eigenvalue weighted by atomic mass is 10.1. The van der Waals surface area contributed by atoms with E-state index in [1.165, 1.54) is 37.3 Å². The van der Waals surface area contributed by atoms with E-state index in [-0.39, 0.29) is 17.1 Å². The Morgan fingerprint density at radius 3 is 2.23 bits per heavy atom. The molecule has 1 heterocycles. The number of anilines is 1. The molecular formula is C20H19N3O5S2. The summed E-state index contributed by atoms with van der Waals surface area (Å²) in [7, 11) is 4.53. The third kappa shape index (κ3) is 5.08. The highest BCUT2D eigenvalue weighted by molar-refractivity contribution is 8.01. The lowest BCUT2D eigenvalue weighted by Gasteiger charge is -2.11. The van der Waals surface area contributed by atoms with E-state index in [1.54, 1.807) is 49.6 Å². The standard InChI is InChI=1S/C20H19N3O5S2/c1-26-13-9-7-12(8-10-13)14(24)11-29-20-23-22-19(30-20)21-18(25)17-15(27-2)5-4-6-16(17)28-3/h4-10H,11H2,1-3H3,(H,21,22,25). The third-order valence-electron chi connectivity index (χ3n) is 4.02. The molecule has 3 aromatic rings. The van der Waals surface area contributed by atoms with Crippen molar-refractivity contribution in [3.05, 3.63) is 53.6 Å². The summed E-state index contributed by atoms with van der Waals surface area (Å²) in [5.74, 6) is 1.20. The van der Waals surface area contributed by atoms with E-state index >= 15 is 0 Å². The number of nitrogens with zero attached hydrogens (tertiary/aromatic N) is 2. The van der Waals surface area contributed by atoms with E-state index in [4.69, 9.17) is 14.2 Å². The van der Waals surface area contributed by atoms with E-state index in [0.717, 1.165) is 0 Å². The van der Waals surface area contributed by atoms with Crippen LogP contribution in [0.3, 0.4) is 0 Å². The first-order valence-electron chi connectivity index (χ1n) is 8.71. The summed E-state index contributed by atoms with van der Waals surface area (Å²) in [5.41, 5.74) is 0.853. The number of thioether (sulfide) groups is 1. The number of hydrogen-bond acceptors (Lipinski definition) is 9. The molecule has 0 aliphatic heterocycles. The van der Waals surface area contributed by atoms with Gasteiger partial charge in [-0.25, -0.2) is 0 Å². The minimum absolute atomic E-state index is 0.0396. The lowest BCUT2D eigenvalue weighted by Crippen LogP contribution is -2.14. The van der Waals surface area contributed by atoms with Crippen LogP contribution in [0.1, 0.15) is 20.7 Å². The van der Waals surface area contributed by atoms with Crippen LogP contribution in [0.2, 0.25) is 0 Å². The first kappa shape index (κ1) is 21.6. The van der Waals surface area contributed by atoms with E-state index in [2.05, 4.69) is 15.5 Å². The Hall–Kier alpha value is -3.11. The van der Waals surface area contributed by atoms with E-state index < -0.39 is 5.91 Å². The van der Waals surface area contributed by atoms with Gasteiger partial charge in [0.05, 0.1) is 27.1 Å².